The van der Waals surface area contributed by atoms with Gasteiger partial charge in [0.15, 0.2) is 0 Å². The monoisotopic (exact) mass is 332 g/mol. The number of thiazole rings is 1. The number of nitrogens with one attached hydrogen (secondary N) is 1. The average Bonchev–Trinajstić information content (AvgIpc) is 2.93. The topological polar surface area (TPSA) is 68.3 Å². The number of carbonyl (C=O) groups is 2. The summed E-state index contributed by atoms with van der Waals surface area (Å²) in [4.78, 5) is 29.1. The number of carbonyl (C=O) groups excluding carboxylic acids is 2. The van der Waals surface area contributed by atoms with Crippen LogP contribution in [0.2, 0.25) is 0 Å². The zero-order valence-corrected chi connectivity index (χ0v) is 14.2. The fourth-order valence-corrected chi connectivity index (χ4v) is 2.86. The molecule has 0 fully saturated rings. The molecule has 0 radical (unpaired) electrons. The minimum Gasteiger partial charge on any atom is -0.463 e. The molecular formula is C17H20N2O3S. The Kier molecular flexibility index (Phi) is 5.87. The highest BCUT2D eigenvalue weighted by molar-refractivity contribution is 7.11. The van der Waals surface area contributed by atoms with Gasteiger partial charge in [-0.15, -0.1) is 11.3 Å². The first-order valence-corrected chi connectivity index (χ1v) is 8.30. The van der Waals surface area contributed by atoms with Crippen LogP contribution in [0.25, 0.3) is 0 Å². The van der Waals surface area contributed by atoms with E-state index in [0.717, 1.165) is 5.56 Å². The lowest BCUT2D eigenvalue weighted by atomic mass is 10.0. The number of rotatable bonds is 6. The fraction of sp³-hybridized carbons (Fsp3) is 0.353. The summed E-state index contributed by atoms with van der Waals surface area (Å²) < 4.78 is 5.20. The van der Waals surface area contributed by atoms with Crippen LogP contribution in [0.1, 0.15) is 47.2 Å². The van der Waals surface area contributed by atoms with E-state index in [9.17, 15) is 9.59 Å². The lowest BCUT2D eigenvalue weighted by molar-refractivity contribution is -0.147. The van der Waals surface area contributed by atoms with Crippen molar-refractivity contribution < 1.29 is 14.3 Å². The molecule has 5 nitrogen and oxygen atoms in total. The average molecular weight is 332 g/mol. The van der Waals surface area contributed by atoms with Gasteiger partial charge in [0.25, 0.3) is 5.91 Å². The number of ether oxygens (including phenoxy) is 1. The van der Waals surface area contributed by atoms with Crippen molar-refractivity contribution in [2.45, 2.75) is 39.3 Å². The van der Waals surface area contributed by atoms with E-state index in [2.05, 4.69) is 10.3 Å². The normalized spacial score (nSPS) is 12.0. The Morgan fingerprint density at radius 3 is 2.52 bits per heavy atom. The van der Waals surface area contributed by atoms with Gasteiger partial charge >= 0.3 is 5.97 Å². The highest BCUT2D eigenvalue weighted by Gasteiger charge is 2.22. The third-order valence-corrected chi connectivity index (χ3v) is 4.12. The van der Waals surface area contributed by atoms with Gasteiger partial charge in [-0.3, -0.25) is 9.59 Å². The Morgan fingerprint density at radius 2 is 1.96 bits per heavy atom. The minimum atomic E-state index is -0.434. The van der Waals surface area contributed by atoms with E-state index in [0.29, 0.717) is 10.6 Å². The van der Waals surface area contributed by atoms with E-state index in [1.165, 1.54) is 11.3 Å². The molecule has 1 atom stereocenters. The zero-order chi connectivity index (χ0) is 16.8. The van der Waals surface area contributed by atoms with E-state index in [1.54, 1.807) is 26.3 Å². The van der Waals surface area contributed by atoms with Gasteiger partial charge in [0, 0.05) is 0 Å². The lowest BCUT2D eigenvalue weighted by Crippen LogP contribution is -2.31. The second kappa shape index (κ2) is 7.87. The molecule has 0 aliphatic carbocycles. The summed E-state index contributed by atoms with van der Waals surface area (Å²) >= 11 is 1.29. The first kappa shape index (κ1) is 17.1. The van der Waals surface area contributed by atoms with Gasteiger partial charge in [-0.2, -0.15) is 0 Å². The van der Waals surface area contributed by atoms with Crippen LogP contribution in [0.5, 0.6) is 0 Å². The summed E-state index contributed by atoms with van der Waals surface area (Å²) in [5.41, 5.74) is 3.18. The Hall–Kier alpha value is -2.21. The van der Waals surface area contributed by atoms with Crippen molar-refractivity contribution in [3.63, 3.8) is 0 Å². The molecule has 1 heterocycles. The maximum Gasteiger partial charge on any atom is 0.308 e. The first-order chi connectivity index (χ1) is 11.0. The van der Waals surface area contributed by atoms with Gasteiger partial charge < -0.3 is 10.1 Å². The second-order valence-electron chi connectivity index (χ2n) is 5.45. The van der Waals surface area contributed by atoms with Gasteiger partial charge in [-0.1, -0.05) is 30.3 Å². The van der Waals surface area contributed by atoms with Crippen LogP contribution in [0.15, 0.2) is 35.8 Å². The van der Waals surface area contributed by atoms with E-state index in [1.807, 2.05) is 30.3 Å². The number of aromatic nitrogens is 1. The van der Waals surface area contributed by atoms with Crippen LogP contribution in [-0.4, -0.2) is 23.0 Å². The second-order valence-corrected chi connectivity index (χ2v) is 6.30. The number of hydrogen-bond acceptors (Lipinski definition) is 5. The molecule has 122 valence electrons. The Labute approximate surface area is 139 Å². The summed E-state index contributed by atoms with van der Waals surface area (Å²) in [5, 5.41) is 2.91. The molecule has 2 rings (SSSR count). The third-order valence-electron chi connectivity index (χ3n) is 3.20. The van der Waals surface area contributed by atoms with Crippen LogP contribution in [-0.2, 0) is 9.53 Å². The summed E-state index contributed by atoms with van der Waals surface area (Å²) in [6.07, 6.45) is -0.0930. The molecular weight excluding hydrogens is 312 g/mol. The molecule has 1 amide bonds. The standard InChI is InChI=1S/C17H20N2O3S/c1-11(2)22-15(20)9-14(13-7-5-4-6-8-13)19-17(21)16-12(3)18-10-23-16/h4-8,10-11,14H,9H2,1-3H3,(H,19,21). The van der Waals surface area contributed by atoms with Crippen LogP contribution >= 0.6 is 11.3 Å². The van der Waals surface area contributed by atoms with Gasteiger partial charge in [-0.25, -0.2) is 4.98 Å². The van der Waals surface area contributed by atoms with E-state index < -0.39 is 6.04 Å². The first-order valence-electron chi connectivity index (χ1n) is 7.42. The van der Waals surface area contributed by atoms with Gasteiger partial charge in [-0.05, 0) is 26.3 Å². The zero-order valence-electron chi connectivity index (χ0n) is 13.4. The molecule has 23 heavy (non-hydrogen) atoms. The van der Waals surface area contributed by atoms with Crippen LogP contribution < -0.4 is 5.32 Å². The number of benzene rings is 1. The molecule has 0 aliphatic heterocycles. The number of nitrogens with zero attached hydrogens (tertiary/aromatic N) is 1. The molecule has 0 saturated heterocycles. The SMILES string of the molecule is Cc1ncsc1C(=O)NC(CC(=O)OC(C)C)c1ccccc1. The van der Waals surface area contributed by atoms with Crippen molar-refractivity contribution in [2.24, 2.45) is 0 Å². The molecule has 0 bridgehead atoms. The highest BCUT2D eigenvalue weighted by atomic mass is 32.1. The van der Waals surface area contributed by atoms with E-state index in [4.69, 9.17) is 4.74 Å². The van der Waals surface area contributed by atoms with Crippen molar-refractivity contribution >= 4 is 23.2 Å². The number of amides is 1. The molecule has 0 aliphatic rings. The van der Waals surface area contributed by atoms with Crippen molar-refractivity contribution in [1.82, 2.24) is 10.3 Å². The largest absolute Gasteiger partial charge is 0.463 e. The third kappa shape index (κ3) is 4.89. The number of aryl methyl sites for hydroxylation is 1. The van der Waals surface area contributed by atoms with Crippen molar-refractivity contribution in [1.29, 1.82) is 0 Å². The maximum atomic E-state index is 12.4. The summed E-state index contributed by atoms with van der Waals surface area (Å²) in [6, 6.07) is 8.97. The van der Waals surface area contributed by atoms with E-state index >= 15 is 0 Å². The van der Waals surface area contributed by atoms with Crippen LogP contribution in [0, 0.1) is 6.92 Å². The molecule has 1 unspecified atom stereocenters. The van der Waals surface area contributed by atoms with Crippen LogP contribution in [0.4, 0.5) is 0 Å². The van der Waals surface area contributed by atoms with Crippen molar-refractivity contribution in [3.05, 3.63) is 52.0 Å². The summed E-state index contributed by atoms with van der Waals surface area (Å²) in [5.74, 6) is -0.564. The minimum absolute atomic E-state index is 0.0891. The molecule has 2 aromatic rings. The fourth-order valence-electron chi connectivity index (χ4n) is 2.16. The van der Waals surface area contributed by atoms with Gasteiger partial charge in [0.05, 0.1) is 29.8 Å². The predicted molar refractivity (Wildman–Crippen MR) is 89.3 cm³/mol. The Morgan fingerprint density at radius 1 is 1.26 bits per heavy atom. The molecule has 1 aromatic carbocycles. The Balaban J connectivity index is 2.15. The maximum absolute atomic E-state index is 12.4. The quantitative estimate of drug-likeness (QED) is 0.824. The molecule has 0 saturated carbocycles. The van der Waals surface area contributed by atoms with E-state index in [-0.39, 0.29) is 24.4 Å². The lowest BCUT2D eigenvalue weighted by Gasteiger charge is -2.19. The van der Waals surface area contributed by atoms with Crippen molar-refractivity contribution in [2.75, 3.05) is 0 Å². The van der Waals surface area contributed by atoms with Crippen molar-refractivity contribution in [3.8, 4) is 0 Å². The van der Waals surface area contributed by atoms with Gasteiger partial charge in [0.2, 0.25) is 0 Å². The Bertz CT molecular complexity index is 667. The van der Waals surface area contributed by atoms with Gasteiger partial charge in [0.1, 0.15) is 4.88 Å². The molecule has 1 aromatic heterocycles. The highest BCUT2D eigenvalue weighted by Crippen LogP contribution is 2.20. The van der Waals surface area contributed by atoms with Crippen LogP contribution in [0.3, 0.4) is 0 Å². The molecule has 0 spiro atoms. The number of esters is 1. The predicted octanol–water partition coefficient (Wildman–Crippen LogP) is 3.26. The summed E-state index contributed by atoms with van der Waals surface area (Å²) in [6.45, 7) is 5.39. The molecule has 1 N–H and O–H groups in total. The number of hydrogen-bond donors (Lipinski definition) is 1. The smallest absolute Gasteiger partial charge is 0.308 e. The summed E-state index contributed by atoms with van der Waals surface area (Å²) in [7, 11) is 0. The molecule has 6 heteroatoms.